The van der Waals surface area contributed by atoms with Crippen molar-refractivity contribution in [2.24, 2.45) is 5.92 Å². The van der Waals surface area contributed by atoms with Crippen LogP contribution in [0.4, 0.5) is 5.69 Å². The topological polar surface area (TPSA) is 139 Å². The molecular weight excluding hydrogens is 450 g/mol. The summed E-state index contributed by atoms with van der Waals surface area (Å²) in [5.74, 6) is -1.95. The number of benzene rings is 1. The van der Waals surface area contributed by atoms with Gasteiger partial charge in [-0.1, -0.05) is 11.8 Å². The van der Waals surface area contributed by atoms with Crippen LogP contribution in [0, 0.1) is 16.0 Å². The molecule has 1 aromatic carbocycles. The Morgan fingerprint density at radius 2 is 2.00 bits per heavy atom. The molecule has 3 rings (SSSR count). The monoisotopic (exact) mass is 475 g/mol. The number of thioether (sulfide) groups is 1. The van der Waals surface area contributed by atoms with E-state index in [1.54, 1.807) is 5.41 Å². The van der Waals surface area contributed by atoms with E-state index in [9.17, 15) is 29.6 Å². The van der Waals surface area contributed by atoms with E-state index in [0.29, 0.717) is 16.9 Å². The molecule has 10 nitrogen and oxygen atoms in total. The van der Waals surface area contributed by atoms with Crippen LogP contribution in [0.3, 0.4) is 0 Å². The number of aliphatic hydroxyl groups excluding tert-OH is 1. The maximum atomic E-state index is 12.9. The predicted octanol–water partition coefficient (Wildman–Crippen LogP) is 2.23. The molecule has 1 aromatic rings. The molecule has 0 spiro atoms. The highest BCUT2D eigenvalue weighted by atomic mass is 32.2. The van der Waals surface area contributed by atoms with Crippen LogP contribution in [0.2, 0.25) is 0 Å². The highest BCUT2D eigenvalue weighted by Gasteiger charge is 2.56. The average Bonchev–Trinajstić information content (AvgIpc) is 3.05. The van der Waals surface area contributed by atoms with E-state index in [1.807, 2.05) is 13.8 Å². The van der Waals surface area contributed by atoms with Gasteiger partial charge in [0.05, 0.1) is 23.0 Å². The maximum Gasteiger partial charge on any atom is 0.356 e. The van der Waals surface area contributed by atoms with Gasteiger partial charge in [0.15, 0.2) is 0 Å². The number of amides is 2. The molecule has 0 radical (unpaired) electrons. The molecule has 0 aliphatic carbocycles. The van der Waals surface area contributed by atoms with Gasteiger partial charge in [-0.05, 0) is 43.9 Å². The minimum atomic E-state index is -0.854. The Hall–Kier alpha value is -3.18. The van der Waals surface area contributed by atoms with Crippen molar-refractivity contribution in [2.75, 3.05) is 0 Å². The van der Waals surface area contributed by atoms with Crippen LogP contribution in [0.15, 0.2) is 46.4 Å². The number of carbonyl (C=O) groups excluding carboxylic acids is 3. The zero-order valence-electron chi connectivity index (χ0n) is 18.4. The lowest BCUT2D eigenvalue weighted by Gasteiger charge is -2.44. The number of nitro benzene ring substituents is 1. The van der Waals surface area contributed by atoms with Crippen molar-refractivity contribution in [1.29, 1.82) is 0 Å². The SMILES string of the molecule is CC(C)NC(=O)/C=C\SC1=C(C(=O)OCc2ccc([N+](=O)[O-])cc2)N2C(=O)[C@@H]([C@H](C)O)[C@H]2C1. The molecule has 2 aliphatic rings. The molecule has 2 heterocycles. The summed E-state index contributed by atoms with van der Waals surface area (Å²) in [7, 11) is 0. The number of nitrogens with one attached hydrogen (secondary N) is 1. The Labute approximate surface area is 194 Å². The fourth-order valence-electron chi connectivity index (χ4n) is 3.77. The van der Waals surface area contributed by atoms with E-state index in [2.05, 4.69) is 5.32 Å². The van der Waals surface area contributed by atoms with E-state index in [0.717, 1.165) is 11.8 Å². The van der Waals surface area contributed by atoms with Crippen LogP contribution < -0.4 is 5.32 Å². The first-order valence-corrected chi connectivity index (χ1v) is 11.3. The summed E-state index contributed by atoms with van der Waals surface area (Å²) in [5, 5.41) is 25.0. The third-order valence-electron chi connectivity index (χ3n) is 5.26. The second-order valence-corrected chi connectivity index (χ2v) is 9.10. The van der Waals surface area contributed by atoms with Gasteiger partial charge in [-0.3, -0.25) is 19.7 Å². The van der Waals surface area contributed by atoms with Crippen molar-refractivity contribution < 1.29 is 29.2 Å². The second kappa shape index (κ2) is 10.2. The molecule has 33 heavy (non-hydrogen) atoms. The van der Waals surface area contributed by atoms with Gasteiger partial charge < -0.3 is 20.1 Å². The summed E-state index contributed by atoms with van der Waals surface area (Å²) >= 11 is 1.15. The number of carbonyl (C=O) groups is 3. The van der Waals surface area contributed by atoms with Crippen molar-refractivity contribution in [3.8, 4) is 0 Å². The summed E-state index contributed by atoms with van der Waals surface area (Å²) in [6.07, 6.45) is 0.860. The molecule has 0 unspecified atom stereocenters. The molecule has 11 heteroatoms. The second-order valence-electron chi connectivity index (χ2n) is 8.10. The molecule has 2 N–H and O–H groups in total. The van der Waals surface area contributed by atoms with Crippen molar-refractivity contribution in [2.45, 2.75) is 52.0 Å². The summed E-state index contributed by atoms with van der Waals surface area (Å²) in [6, 6.07) is 5.24. The number of esters is 1. The molecule has 0 aromatic heterocycles. The van der Waals surface area contributed by atoms with Crippen molar-refractivity contribution in [3.05, 3.63) is 62.0 Å². The Bertz CT molecular complexity index is 1020. The van der Waals surface area contributed by atoms with Crippen LogP contribution in [0.5, 0.6) is 0 Å². The Morgan fingerprint density at radius 1 is 1.33 bits per heavy atom. The Balaban J connectivity index is 1.74. The van der Waals surface area contributed by atoms with Gasteiger partial charge in [-0.25, -0.2) is 4.79 Å². The fraction of sp³-hybridized carbons (Fsp3) is 0.409. The van der Waals surface area contributed by atoms with Crippen LogP contribution in [0.1, 0.15) is 32.8 Å². The van der Waals surface area contributed by atoms with Crippen LogP contribution in [0.25, 0.3) is 0 Å². The largest absolute Gasteiger partial charge is 0.456 e. The van der Waals surface area contributed by atoms with Gasteiger partial charge in [0.1, 0.15) is 12.3 Å². The van der Waals surface area contributed by atoms with Crippen LogP contribution >= 0.6 is 11.8 Å². The van der Waals surface area contributed by atoms with Crippen molar-refractivity contribution in [3.63, 3.8) is 0 Å². The predicted molar refractivity (Wildman–Crippen MR) is 120 cm³/mol. The quantitative estimate of drug-likeness (QED) is 0.182. The normalized spacial score (nSPS) is 20.6. The highest BCUT2D eigenvalue weighted by Crippen LogP contribution is 2.47. The zero-order valence-corrected chi connectivity index (χ0v) is 19.2. The summed E-state index contributed by atoms with van der Waals surface area (Å²) in [5.41, 5.74) is 0.580. The molecular formula is C22H25N3O7S. The lowest BCUT2D eigenvalue weighted by Crippen LogP contribution is -2.61. The van der Waals surface area contributed by atoms with Gasteiger partial charge >= 0.3 is 5.97 Å². The molecule has 1 saturated heterocycles. The average molecular weight is 476 g/mol. The number of hydrogen-bond donors (Lipinski definition) is 2. The number of non-ortho nitro benzene ring substituents is 1. The number of hydrogen-bond acceptors (Lipinski definition) is 8. The van der Waals surface area contributed by atoms with Gasteiger partial charge in [0.2, 0.25) is 11.8 Å². The third-order valence-corrected chi connectivity index (χ3v) is 6.18. The molecule has 2 aliphatic heterocycles. The standard InChI is InChI=1S/C22H25N3O7S/c1-12(2)23-18(27)8-9-33-17-10-16-19(13(3)26)21(28)24(16)20(17)22(29)32-11-14-4-6-15(7-5-14)25(30)31/h4-9,12-13,16,19,26H,10-11H2,1-3H3,(H,23,27)/b9-8-/t13-,16+,19-/m0/s1. The highest BCUT2D eigenvalue weighted by molar-refractivity contribution is 8.05. The lowest BCUT2D eigenvalue weighted by molar-refractivity contribution is -0.384. The number of nitrogens with zero attached hydrogens (tertiary/aromatic N) is 2. The first-order chi connectivity index (χ1) is 15.6. The van der Waals surface area contributed by atoms with Gasteiger partial charge in [0.25, 0.3) is 5.69 Å². The van der Waals surface area contributed by atoms with E-state index in [1.165, 1.54) is 42.2 Å². The number of ether oxygens (including phenoxy) is 1. The van der Waals surface area contributed by atoms with Gasteiger partial charge in [0, 0.05) is 35.6 Å². The summed E-state index contributed by atoms with van der Waals surface area (Å²) < 4.78 is 5.38. The van der Waals surface area contributed by atoms with E-state index < -0.39 is 22.9 Å². The lowest BCUT2D eigenvalue weighted by atomic mass is 9.83. The van der Waals surface area contributed by atoms with Gasteiger partial charge in [-0.2, -0.15) is 0 Å². The Morgan fingerprint density at radius 3 is 2.58 bits per heavy atom. The summed E-state index contributed by atoms with van der Waals surface area (Å²) in [6.45, 7) is 5.08. The first-order valence-electron chi connectivity index (χ1n) is 10.4. The zero-order chi connectivity index (χ0) is 24.3. The molecule has 1 fully saturated rings. The van der Waals surface area contributed by atoms with Crippen LogP contribution in [-0.4, -0.2) is 50.9 Å². The minimum Gasteiger partial charge on any atom is -0.456 e. The molecule has 2 amide bonds. The van der Waals surface area contributed by atoms with Crippen LogP contribution in [-0.2, 0) is 25.7 Å². The van der Waals surface area contributed by atoms with E-state index in [4.69, 9.17) is 4.74 Å². The molecule has 176 valence electrons. The number of fused-ring (bicyclic) bond motifs is 1. The molecule has 0 bridgehead atoms. The van der Waals surface area contributed by atoms with Crippen molar-refractivity contribution >= 4 is 35.2 Å². The number of β-lactam (4-membered cyclic amide) rings is 1. The van der Waals surface area contributed by atoms with E-state index in [-0.39, 0.29) is 41.9 Å². The smallest absolute Gasteiger partial charge is 0.356 e. The fourth-order valence-corrected chi connectivity index (χ4v) is 4.68. The number of aliphatic hydroxyl groups is 1. The molecule has 0 saturated carbocycles. The maximum absolute atomic E-state index is 12.9. The first kappa shape index (κ1) is 24.5. The van der Waals surface area contributed by atoms with E-state index >= 15 is 0 Å². The number of nitro groups is 1. The summed E-state index contributed by atoms with van der Waals surface area (Å²) in [4.78, 5) is 49.5. The Kier molecular flexibility index (Phi) is 7.54. The number of rotatable bonds is 9. The van der Waals surface area contributed by atoms with Gasteiger partial charge in [-0.15, -0.1) is 0 Å². The minimum absolute atomic E-state index is 0.0193. The van der Waals surface area contributed by atoms with Crippen molar-refractivity contribution in [1.82, 2.24) is 10.2 Å². The third kappa shape index (κ3) is 5.42. The molecule has 3 atom stereocenters.